The van der Waals surface area contributed by atoms with Gasteiger partial charge in [-0.25, -0.2) is 0 Å². The molecule has 5 aromatic rings. The lowest BCUT2D eigenvalue weighted by molar-refractivity contribution is -0.139. The van der Waals surface area contributed by atoms with Gasteiger partial charge < -0.3 is 4.57 Å². The number of hydrogen-bond acceptors (Lipinski definition) is 5. The van der Waals surface area contributed by atoms with Gasteiger partial charge in [-0.15, -0.1) is 0 Å². The van der Waals surface area contributed by atoms with Crippen LogP contribution in [0.25, 0.3) is 38.8 Å². The SMILES string of the molecule is Cn1cc2cc(-n3nc4c(C#N)cn(CC(F)(F)F)c4c(-c4ccc(C5CC5)nc4)c3=O)ccc2n1. The first-order valence-corrected chi connectivity index (χ1v) is 11.2. The number of benzene rings is 1. The molecule has 0 amide bonds. The van der Waals surface area contributed by atoms with E-state index in [0.29, 0.717) is 22.7 Å². The fourth-order valence-corrected chi connectivity index (χ4v) is 4.54. The lowest BCUT2D eigenvalue weighted by Crippen LogP contribution is -2.25. The molecule has 1 fully saturated rings. The molecule has 8 nitrogen and oxygen atoms in total. The van der Waals surface area contributed by atoms with E-state index in [1.54, 1.807) is 48.3 Å². The molecule has 1 aliphatic rings. The van der Waals surface area contributed by atoms with Gasteiger partial charge in [0.15, 0.2) is 0 Å². The van der Waals surface area contributed by atoms with E-state index in [0.717, 1.165) is 39.4 Å². The molecule has 0 N–H and O–H groups in total. The Bertz CT molecular complexity index is 1750. The quantitative estimate of drug-likeness (QED) is 0.372. The van der Waals surface area contributed by atoms with Crippen molar-refractivity contribution in [3.63, 3.8) is 0 Å². The lowest BCUT2D eigenvalue weighted by atomic mass is 10.1. The van der Waals surface area contributed by atoms with Gasteiger partial charge in [0.2, 0.25) is 0 Å². The first kappa shape index (κ1) is 22.0. The predicted molar refractivity (Wildman–Crippen MR) is 126 cm³/mol. The molecule has 1 aliphatic carbocycles. The minimum absolute atomic E-state index is 0.00637. The highest BCUT2D eigenvalue weighted by molar-refractivity contribution is 5.95. The fourth-order valence-electron chi connectivity index (χ4n) is 4.54. The Kier molecular flexibility index (Phi) is 4.76. The summed E-state index contributed by atoms with van der Waals surface area (Å²) >= 11 is 0. The third-order valence-electron chi connectivity index (χ3n) is 6.28. The van der Waals surface area contributed by atoms with Crippen LogP contribution in [0.4, 0.5) is 13.2 Å². The highest BCUT2D eigenvalue weighted by Crippen LogP contribution is 2.39. The van der Waals surface area contributed by atoms with Crippen molar-refractivity contribution in [2.75, 3.05) is 0 Å². The Hall–Kier alpha value is -4.46. The number of aromatic nitrogens is 6. The molecule has 0 unspecified atom stereocenters. The van der Waals surface area contributed by atoms with E-state index in [2.05, 4.69) is 15.2 Å². The summed E-state index contributed by atoms with van der Waals surface area (Å²) in [6.07, 6.45) is 1.89. The van der Waals surface area contributed by atoms with E-state index in [9.17, 15) is 23.2 Å². The van der Waals surface area contributed by atoms with Gasteiger partial charge >= 0.3 is 6.18 Å². The summed E-state index contributed by atoms with van der Waals surface area (Å²) in [6, 6.07) is 10.5. The number of fused-ring (bicyclic) bond motifs is 2. The van der Waals surface area contributed by atoms with Gasteiger partial charge in [0.05, 0.1) is 27.8 Å². The van der Waals surface area contributed by atoms with Gasteiger partial charge in [0, 0.05) is 48.2 Å². The van der Waals surface area contributed by atoms with Crippen molar-refractivity contribution in [3.05, 3.63) is 70.5 Å². The molecular formula is C25H18F3N7O. The third-order valence-corrected chi connectivity index (χ3v) is 6.28. The van der Waals surface area contributed by atoms with Crippen molar-refractivity contribution in [3.8, 4) is 22.9 Å². The molecule has 0 atom stereocenters. The molecule has 1 aromatic carbocycles. The zero-order valence-corrected chi connectivity index (χ0v) is 19.0. The van der Waals surface area contributed by atoms with Crippen molar-refractivity contribution >= 4 is 21.9 Å². The maximum absolute atomic E-state index is 13.8. The maximum Gasteiger partial charge on any atom is 0.406 e. The predicted octanol–water partition coefficient (Wildman–Crippen LogP) is 4.45. The smallest absolute Gasteiger partial charge is 0.335 e. The van der Waals surface area contributed by atoms with Crippen molar-refractivity contribution in [2.45, 2.75) is 31.5 Å². The Morgan fingerprint density at radius 3 is 2.61 bits per heavy atom. The second-order valence-electron chi connectivity index (χ2n) is 8.98. The number of aryl methyl sites for hydroxylation is 1. The Morgan fingerprint density at radius 2 is 1.94 bits per heavy atom. The number of pyridine rings is 1. The van der Waals surface area contributed by atoms with Crippen LogP contribution in [0.1, 0.15) is 30.0 Å². The van der Waals surface area contributed by atoms with Gasteiger partial charge in [-0.05, 0) is 37.1 Å². The van der Waals surface area contributed by atoms with Crippen LogP contribution < -0.4 is 5.56 Å². The Morgan fingerprint density at radius 1 is 1.14 bits per heavy atom. The van der Waals surface area contributed by atoms with Crippen molar-refractivity contribution in [1.82, 2.24) is 29.1 Å². The molecule has 0 aliphatic heterocycles. The summed E-state index contributed by atoms with van der Waals surface area (Å²) in [7, 11) is 1.77. The number of alkyl halides is 3. The standard InChI is InChI=1S/C25H18F3N7O/c1-33-11-16-8-18(5-7-20(16)31-33)35-24(36)21(15-4-6-19(30-10-15)14-2-3-14)23-22(32-35)17(9-29)12-34(23)13-25(26,27)28/h4-8,10-12,14H,2-3,13H2,1H3. The Labute approximate surface area is 201 Å². The van der Waals surface area contributed by atoms with Gasteiger partial charge in [-0.3, -0.25) is 14.5 Å². The lowest BCUT2D eigenvalue weighted by Gasteiger charge is -2.14. The van der Waals surface area contributed by atoms with Gasteiger partial charge in [-0.2, -0.15) is 33.3 Å². The molecule has 1 saturated carbocycles. The monoisotopic (exact) mass is 489 g/mol. The van der Waals surface area contributed by atoms with E-state index in [1.807, 2.05) is 6.07 Å². The van der Waals surface area contributed by atoms with Crippen LogP contribution in [0.15, 0.2) is 53.7 Å². The topological polar surface area (TPSA) is 94.3 Å². The van der Waals surface area contributed by atoms with Crippen LogP contribution in [0.3, 0.4) is 0 Å². The van der Waals surface area contributed by atoms with Crippen LogP contribution in [0.5, 0.6) is 0 Å². The molecule has 4 heterocycles. The third kappa shape index (κ3) is 3.71. The van der Waals surface area contributed by atoms with Crippen molar-refractivity contribution in [1.29, 1.82) is 5.26 Å². The van der Waals surface area contributed by atoms with Gasteiger partial charge in [0.1, 0.15) is 18.1 Å². The summed E-state index contributed by atoms with van der Waals surface area (Å²) in [5.74, 6) is 0.374. The number of rotatable bonds is 4. The molecule has 11 heteroatoms. The normalized spacial score (nSPS) is 14.0. The summed E-state index contributed by atoms with van der Waals surface area (Å²) < 4.78 is 43.9. The zero-order valence-electron chi connectivity index (χ0n) is 19.0. The van der Waals surface area contributed by atoms with E-state index in [1.165, 1.54) is 6.20 Å². The van der Waals surface area contributed by atoms with Crippen LogP contribution in [-0.2, 0) is 13.6 Å². The fraction of sp³-hybridized carbons (Fsp3) is 0.240. The first-order valence-electron chi connectivity index (χ1n) is 11.2. The van der Waals surface area contributed by atoms with Crippen LogP contribution in [0, 0.1) is 11.3 Å². The molecule has 0 bridgehead atoms. The summed E-state index contributed by atoms with van der Waals surface area (Å²) in [6.45, 7) is -1.36. The van der Waals surface area contributed by atoms with E-state index in [4.69, 9.17) is 0 Å². The Balaban J connectivity index is 1.65. The summed E-state index contributed by atoms with van der Waals surface area (Å²) in [5.41, 5.74) is 1.65. The average Bonchev–Trinajstić information content (AvgIpc) is 3.54. The highest BCUT2D eigenvalue weighted by Gasteiger charge is 2.31. The molecule has 0 radical (unpaired) electrons. The van der Waals surface area contributed by atoms with Crippen molar-refractivity contribution < 1.29 is 13.2 Å². The molecule has 4 aromatic heterocycles. The highest BCUT2D eigenvalue weighted by atomic mass is 19.4. The second kappa shape index (κ2) is 7.78. The largest absolute Gasteiger partial charge is 0.406 e. The molecule has 6 rings (SSSR count). The number of halogens is 3. The number of nitrogens with zero attached hydrogens (tertiary/aromatic N) is 7. The summed E-state index contributed by atoms with van der Waals surface area (Å²) in [5, 5.41) is 19.1. The molecular weight excluding hydrogens is 471 g/mol. The molecule has 36 heavy (non-hydrogen) atoms. The average molecular weight is 489 g/mol. The van der Waals surface area contributed by atoms with E-state index < -0.39 is 18.3 Å². The van der Waals surface area contributed by atoms with Gasteiger partial charge in [0.25, 0.3) is 5.56 Å². The minimum Gasteiger partial charge on any atom is -0.335 e. The number of nitriles is 1. The molecule has 0 saturated heterocycles. The van der Waals surface area contributed by atoms with E-state index in [-0.39, 0.29) is 22.2 Å². The first-order chi connectivity index (χ1) is 17.2. The van der Waals surface area contributed by atoms with Crippen LogP contribution in [-0.4, -0.2) is 35.3 Å². The zero-order chi connectivity index (χ0) is 25.2. The van der Waals surface area contributed by atoms with Gasteiger partial charge in [-0.1, -0.05) is 6.07 Å². The van der Waals surface area contributed by atoms with Crippen molar-refractivity contribution in [2.24, 2.45) is 7.05 Å². The van der Waals surface area contributed by atoms with Crippen LogP contribution >= 0.6 is 0 Å². The minimum atomic E-state index is -4.57. The van der Waals surface area contributed by atoms with E-state index >= 15 is 0 Å². The molecule has 0 spiro atoms. The maximum atomic E-state index is 13.8. The number of hydrogen-bond donors (Lipinski definition) is 0. The second-order valence-corrected chi connectivity index (χ2v) is 8.98. The molecule has 180 valence electrons. The van der Waals surface area contributed by atoms with Crippen LogP contribution in [0.2, 0.25) is 0 Å². The summed E-state index contributed by atoms with van der Waals surface area (Å²) in [4.78, 5) is 18.3.